The lowest BCUT2D eigenvalue weighted by molar-refractivity contribution is -0.118. The van der Waals surface area contributed by atoms with E-state index in [-0.39, 0.29) is 5.91 Å². The minimum Gasteiger partial charge on any atom is -0.355 e. The predicted molar refractivity (Wildman–Crippen MR) is 89.6 cm³/mol. The van der Waals surface area contributed by atoms with E-state index in [9.17, 15) is 4.79 Å². The lowest BCUT2D eigenvalue weighted by Gasteiger charge is -2.16. The van der Waals surface area contributed by atoms with E-state index >= 15 is 0 Å². The van der Waals surface area contributed by atoms with Gasteiger partial charge in [0.15, 0.2) is 0 Å². The Bertz CT molecular complexity index is 542. The average molecular weight is 299 g/mol. The van der Waals surface area contributed by atoms with Gasteiger partial charge in [-0.05, 0) is 24.1 Å². The molecule has 3 heteroatoms. The SMILES string of the molecule is CCC(CNC(=O)CSc1ccccc1)c1ccccc1. The second-order valence-electron chi connectivity index (χ2n) is 4.92. The van der Waals surface area contributed by atoms with E-state index in [1.807, 2.05) is 48.5 Å². The van der Waals surface area contributed by atoms with E-state index in [2.05, 4.69) is 24.4 Å². The fraction of sp³-hybridized carbons (Fsp3) is 0.278. The first kappa shape index (κ1) is 15.6. The molecule has 2 rings (SSSR count). The standard InChI is InChI=1S/C18H21NOS/c1-2-15(16-9-5-3-6-10-16)13-19-18(20)14-21-17-11-7-4-8-12-17/h3-12,15H,2,13-14H2,1H3,(H,19,20). The Morgan fingerprint density at radius 2 is 1.67 bits per heavy atom. The molecule has 0 saturated heterocycles. The highest BCUT2D eigenvalue weighted by atomic mass is 32.2. The van der Waals surface area contributed by atoms with Crippen molar-refractivity contribution in [1.82, 2.24) is 5.32 Å². The maximum absolute atomic E-state index is 11.9. The third-order valence-corrected chi connectivity index (χ3v) is 4.43. The third kappa shape index (κ3) is 5.27. The molecule has 0 spiro atoms. The largest absolute Gasteiger partial charge is 0.355 e. The van der Waals surface area contributed by atoms with Crippen LogP contribution in [0, 0.1) is 0 Å². The number of rotatable bonds is 7. The Balaban J connectivity index is 1.77. The van der Waals surface area contributed by atoms with Crippen molar-refractivity contribution in [3.05, 3.63) is 66.2 Å². The molecule has 0 fully saturated rings. The number of thioether (sulfide) groups is 1. The fourth-order valence-electron chi connectivity index (χ4n) is 2.18. The van der Waals surface area contributed by atoms with Crippen molar-refractivity contribution in [2.24, 2.45) is 0 Å². The van der Waals surface area contributed by atoms with Gasteiger partial charge in [-0.25, -0.2) is 0 Å². The Morgan fingerprint density at radius 3 is 2.29 bits per heavy atom. The van der Waals surface area contributed by atoms with Gasteiger partial charge >= 0.3 is 0 Å². The molecular formula is C18H21NOS. The summed E-state index contributed by atoms with van der Waals surface area (Å²) in [5, 5.41) is 3.04. The van der Waals surface area contributed by atoms with E-state index in [0.717, 1.165) is 11.3 Å². The first-order chi connectivity index (χ1) is 10.3. The van der Waals surface area contributed by atoms with Gasteiger partial charge in [0.1, 0.15) is 0 Å². The highest BCUT2D eigenvalue weighted by Crippen LogP contribution is 2.19. The molecule has 1 amide bonds. The second-order valence-corrected chi connectivity index (χ2v) is 5.97. The molecule has 110 valence electrons. The minimum absolute atomic E-state index is 0.0956. The van der Waals surface area contributed by atoms with Gasteiger partial charge in [0.25, 0.3) is 0 Å². The van der Waals surface area contributed by atoms with Crippen LogP contribution in [0.1, 0.15) is 24.8 Å². The summed E-state index contributed by atoms with van der Waals surface area (Å²) in [5.41, 5.74) is 1.29. The van der Waals surface area contributed by atoms with Crippen LogP contribution in [0.4, 0.5) is 0 Å². The zero-order valence-corrected chi connectivity index (χ0v) is 13.1. The quantitative estimate of drug-likeness (QED) is 0.780. The molecule has 1 unspecified atom stereocenters. The maximum Gasteiger partial charge on any atom is 0.230 e. The summed E-state index contributed by atoms with van der Waals surface area (Å²) in [5.74, 6) is 0.949. The number of amides is 1. The van der Waals surface area contributed by atoms with E-state index in [0.29, 0.717) is 18.2 Å². The number of hydrogen-bond acceptors (Lipinski definition) is 2. The van der Waals surface area contributed by atoms with Crippen LogP contribution >= 0.6 is 11.8 Å². The van der Waals surface area contributed by atoms with Crippen LogP contribution in [0.3, 0.4) is 0 Å². The molecule has 2 aromatic rings. The molecule has 21 heavy (non-hydrogen) atoms. The predicted octanol–water partition coefficient (Wildman–Crippen LogP) is 4.09. The summed E-state index contributed by atoms with van der Waals surface area (Å²) in [6.07, 6.45) is 1.02. The highest BCUT2D eigenvalue weighted by molar-refractivity contribution is 8.00. The Kier molecular flexibility index (Phi) is 6.35. The van der Waals surface area contributed by atoms with Gasteiger partial charge in [0.2, 0.25) is 5.91 Å². The normalized spacial score (nSPS) is 11.9. The van der Waals surface area contributed by atoms with Crippen LogP contribution in [-0.4, -0.2) is 18.2 Å². The number of benzene rings is 2. The van der Waals surface area contributed by atoms with Gasteiger partial charge in [-0.3, -0.25) is 4.79 Å². The molecule has 0 aromatic heterocycles. The molecule has 0 radical (unpaired) electrons. The lowest BCUT2D eigenvalue weighted by Crippen LogP contribution is -2.29. The van der Waals surface area contributed by atoms with E-state index in [1.54, 1.807) is 11.8 Å². The van der Waals surface area contributed by atoms with E-state index < -0.39 is 0 Å². The number of carbonyl (C=O) groups excluding carboxylic acids is 1. The highest BCUT2D eigenvalue weighted by Gasteiger charge is 2.10. The maximum atomic E-state index is 11.9. The molecule has 0 aliphatic carbocycles. The van der Waals surface area contributed by atoms with Crippen molar-refractivity contribution < 1.29 is 4.79 Å². The molecule has 0 saturated carbocycles. The third-order valence-electron chi connectivity index (χ3n) is 3.42. The lowest BCUT2D eigenvalue weighted by atomic mass is 9.96. The molecule has 2 nitrogen and oxygen atoms in total. The second kappa shape index (κ2) is 8.53. The van der Waals surface area contributed by atoms with Crippen molar-refractivity contribution in [3.8, 4) is 0 Å². The minimum atomic E-state index is 0.0956. The molecule has 0 heterocycles. The molecule has 0 aliphatic rings. The zero-order chi connectivity index (χ0) is 14.9. The topological polar surface area (TPSA) is 29.1 Å². The smallest absolute Gasteiger partial charge is 0.230 e. The van der Waals surface area contributed by atoms with Gasteiger partial charge in [0, 0.05) is 17.4 Å². The summed E-state index contributed by atoms with van der Waals surface area (Å²) < 4.78 is 0. The molecule has 1 atom stereocenters. The summed E-state index contributed by atoms with van der Waals surface area (Å²) in [7, 11) is 0. The van der Waals surface area contributed by atoms with Crippen molar-refractivity contribution in [1.29, 1.82) is 0 Å². The Hall–Kier alpha value is -1.74. The number of nitrogens with one attached hydrogen (secondary N) is 1. The fourth-order valence-corrected chi connectivity index (χ4v) is 2.93. The summed E-state index contributed by atoms with van der Waals surface area (Å²) >= 11 is 1.57. The first-order valence-corrected chi connectivity index (χ1v) is 8.27. The number of hydrogen-bond donors (Lipinski definition) is 1. The van der Waals surface area contributed by atoms with Crippen LogP contribution in [0.25, 0.3) is 0 Å². The molecule has 1 N–H and O–H groups in total. The molecule has 2 aromatic carbocycles. The van der Waals surface area contributed by atoms with Gasteiger partial charge in [0.05, 0.1) is 5.75 Å². The van der Waals surface area contributed by atoms with Gasteiger partial charge in [-0.15, -0.1) is 11.8 Å². The summed E-state index contributed by atoms with van der Waals surface area (Å²) in [4.78, 5) is 13.1. The average Bonchev–Trinajstić information content (AvgIpc) is 2.55. The summed E-state index contributed by atoms with van der Waals surface area (Å²) in [6.45, 7) is 2.86. The van der Waals surface area contributed by atoms with Gasteiger partial charge in [-0.1, -0.05) is 55.5 Å². The monoisotopic (exact) mass is 299 g/mol. The van der Waals surface area contributed by atoms with Crippen molar-refractivity contribution >= 4 is 17.7 Å². The van der Waals surface area contributed by atoms with Gasteiger partial charge < -0.3 is 5.32 Å². The van der Waals surface area contributed by atoms with Crippen LogP contribution in [0.2, 0.25) is 0 Å². The van der Waals surface area contributed by atoms with Crippen molar-refractivity contribution in [3.63, 3.8) is 0 Å². The summed E-state index contributed by atoms with van der Waals surface area (Å²) in [6, 6.07) is 20.4. The van der Waals surface area contributed by atoms with Crippen LogP contribution < -0.4 is 5.32 Å². The van der Waals surface area contributed by atoms with Gasteiger partial charge in [-0.2, -0.15) is 0 Å². The molecule has 0 bridgehead atoms. The Labute approximate surface area is 131 Å². The Morgan fingerprint density at radius 1 is 1.05 bits per heavy atom. The van der Waals surface area contributed by atoms with E-state index in [1.165, 1.54) is 5.56 Å². The number of carbonyl (C=O) groups is 1. The first-order valence-electron chi connectivity index (χ1n) is 7.29. The van der Waals surface area contributed by atoms with Crippen LogP contribution in [-0.2, 0) is 4.79 Å². The van der Waals surface area contributed by atoms with E-state index in [4.69, 9.17) is 0 Å². The molecular weight excluding hydrogens is 278 g/mol. The zero-order valence-electron chi connectivity index (χ0n) is 12.3. The van der Waals surface area contributed by atoms with Crippen LogP contribution in [0.5, 0.6) is 0 Å². The van der Waals surface area contributed by atoms with Crippen LogP contribution in [0.15, 0.2) is 65.6 Å². The molecule has 0 aliphatic heterocycles. The van der Waals surface area contributed by atoms with Crippen molar-refractivity contribution in [2.75, 3.05) is 12.3 Å². The van der Waals surface area contributed by atoms with Crippen molar-refractivity contribution in [2.45, 2.75) is 24.2 Å².